The van der Waals surface area contributed by atoms with Crippen LogP contribution in [-0.4, -0.2) is 86.6 Å². The molecule has 2 aliphatic heterocycles. The molecular weight excluding hydrogens is 737 g/mol. The van der Waals surface area contributed by atoms with E-state index in [1.54, 1.807) is 22.2 Å². The summed E-state index contributed by atoms with van der Waals surface area (Å²) in [6.07, 6.45) is 3.93. The van der Waals surface area contributed by atoms with Crippen LogP contribution in [0.3, 0.4) is 0 Å². The molecule has 4 amide bonds. The van der Waals surface area contributed by atoms with Crippen LogP contribution in [0.4, 0.5) is 9.59 Å². The van der Waals surface area contributed by atoms with Crippen molar-refractivity contribution in [1.29, 1.82) is 0 Å². The van der Waals surface area contributed by atoms with Gasteiger partial charge in [0.05, 0.1) is 44.0 Å². The summed E-state index contributed by atoms with van der Waals surface area (Å²) >= 11 is 0. The molecule has 0 spiro atoms. The quantitative estimate of drug-likeness (QED) is 0.111. The number of nitrogens with zero attached hydrogens (tertiary/aromatic N) is 4. The van der Waals surface area contributed by atoms with E-state index in [2.05, 4.69) is 49.9 Å². The van der Waals surface area contributed by atoms with Gasteiger partial charge in [0.25, 0.3) is 0 Å². The zero-order chi connectivity index (χ0) is 41.1. The van der Waals surface area contributed by atoms with Crippen LogP contribution in [0.25, 0.3) is 33.6 Å². The third kappa shape index (κ3) is 8.04. The molecule has 302 valence electrons. The van der Waals surface area contributed by atoms with E-state index < -0.39 is 30.3 Å². The summed E-state index contributed by atoms with van der Waals surface area (Å²) in [6.45, 7) is 8.57. The maximum absolute atomic E-state index is 14.0. The van der Waals surface area contributed by atoms with Crippen molar-refractivity contribution < 1.29 is 28.7 Å². The van der Waals surface area contributed by atoms with Crippen molar-refractivity contribution in [3.8, 4) is 33.6 Å². The Hall–Kier alpha value is -6.44. The van der Waals surface area contributed by atoms with E-state index in [4.69, 9.17) is 14.5 Å². The van der Waals surface area contributed by atoms with E-state index in [1.807, 2.05) is 76.2 Å². The third-order valence-electron chi connectivity index (χ3n) is 11.1. The van der Waals surface area contributed by atoms with Gasteiger partial charge in [-0.1, -0.05) is 100 Å². The molecule has 58 heavy (non-hydrogen) atoms. The lowest BCUT2D eigenvalue weighted by Crippen LogP contribution is -2.51. The molecule has 3 aromatic carbocycles. The summed E-state index contributed by atoms with van der Waals surface area (Å²) < 4.78 is 9.57. The maximum Gasteiger partial charge on any atom is 0.407 e. The number of aromatic amines is 2. The lowest BCUT2D eigenvalue weighted by atomic mass is 10.0. The van der Waals surface area contributed by atoms with Gasteiger partial charge in [0.1, 0.15) is 29.8 Å². The Morgan fingerprint density at radius 3 is 1.69 bits per heavy atom. The van der Waals surface area contributed by atoms with Gasteiger partial charge in [-0.05, 0) is 58.1 Å². The van der Waals surface area contributed by atoms with Crippen LogP contribution < -0.4 is 10.6 Å². The summed E-state index contributed by atoms with van der Waals surface area (Å²) in [4.78, 5) is 71.6. The molecule has 5 aromatic rings. The van der Waals surface area contributed by atoms with Gasteiger partial charge in [0.2, 0.25) is 11.8 Å². The average molecular weight is 787 g/mol. The van der Waals surface area contributed by atoms with E-state index in [9.17, 15) is 19.2 Å². The SMILES string of the molecule is COC(=O)N[C@H](C(=O)N1Cc2ccccc2C1c1ncc(-c2ccc(-c3ccc(-c4cnc([C@@H]5CCCN5C(=O)[C@@H](NC(=O)OC)C(C)C)[nH]4)cc3)cc2)[nH]1)C(C)C. The van der Waals surface area contributed by atoms with Crippen molar-refractivity contribution in [1.82, 2.24) is 40.4 Å². The second-order valence-corrected chi connectivity index (χ2v) is 15.5. The van der Waals surface area contributed by atoms with Crippen LogP contribution in [0.5, 0.6) is 0 Å². The number of amides is 4. The Labute approximate surface area is 337 Å². The highest BCUT2D eigenvalue weighted by Crippen LogP contribution is 2.39. The molecule has 1 unspecified atom stereocenters. The Balaban J connectivity index is 1.05. The molecule has 0 saturated carbocycles. The predicted molar refractivity (Wildman–Crippen MR) is 218 cm³/mol. The van der Waals surface area contributed by atoms with Crippen LogP contribution in [-0.2, 0) is 25.6 Å². The lowest BCUT2D eigenvalue weighted by molar-refractivity contribution is -0.136. The minimum atomic E-state index is -0.765. The van der Waals surface area contributed by atoms with Crippen LogP contribution in [0.2, 0.25) is 0 Å². The number of rotatable bonds is 11. The minimum absolute atomic E-state index is 0.110. The smallest absolute Gasteiger partial charge is 0.407 e. The number of carbonyl (C=O) groups excluding carboxylic acids is 4. The van der Waals surface area contributed by atoms with Gasteiger partial charge in [-0.3, -0.25) is 9.59 Å². The summed E-state index contributed by atoms with van der Waals surface area (Å²) in [7, 11) is 2.57. The number of aromatic nitrogens is 4. The van der Waals surface area contributed by atoms with Gasteiger partial charge >= 0.3 is 12.2 Å². The number of methoxy groups -OCH3 is 2. The second kappa shape index (κ2) is 17.0. The van der Waals surface area contributed by atoms with E-state index in [0.29, 0.717) is 18.9 Å². The third-order valence-corrected chi connectivity index (χ3v) is 11.1. The first kappa shape index (κ1) is 39.8. The highest BCUT2D eigenvalue weighted by Gasteiger charge is 2.41. The number of imidazole rings is 2. The minimum Gasteiger partial charge on any atom is -0.453 e. The Kier molecular flexibility index (Phi) is 11.6. The molecule has 0 aliphatic carbocycles. The Morgan fingerprint density at radius 2 is 1.16 bits per heavy atom. The molecule has 4 heterocycles. The molecule has 7 rings (SSSR count). The van der Waals surface area contributed by atoms with Crippen molar-refractivity contribution in [2.45, 2.75) is 71.2 Å². The van der Waals surface area contributed by atoms with Gasteiger partial charge in [0, 0.05) is 13.1 Å². The summed E-state index contributed by atoms with van der Waals surface area (Å²) in [5, 5.41) is 5.41. The lowest BCUT2D eigenvalue weighted by Gasteiger charge is -2.30. The maximum atomic E-state index is 14.0. The Bertz CT molecular complexity index is 2260. The van der Waals surface area contributed by atoms with Crippen LogP contribution >= 0.6 is 0 Å². The van der Waals surface area contributed by atoms with Crippen molar-refractivity contribution in [3.63, 3.8) is 0 Å². The van der Waals surface area contributed by atoms with Gasteiger partial charge < -0.3 is 39.9 Å². The fourth-order valence-corrected chi connectivity index (χ4v) is 7.92. The first-order valence-corrected chi connectivity index (χ1v) is 19.7. The van der Waals surface area contributed by atoms with Crippen LogP contribution in [0.15, 0.2) is 85.2 Å². The van der Waals surface area contributed by atoms with Gasteiger partial charge in [-0.15, -0.1) is 0 Å². The molecule has 14 nitrogen and oxygen atoms in total. The molecule has 1 fully saturated rings. The summed E-state index contributed by atoms with van der Waals surface area (Å²) in [5.41, 5.74) is 7.69. The monoisotopic (exact) mass is 786 g/mol. The Morgan fingerprint density at radius 1 is 0.672 bits per heavy atom. The second-order valence-electron chi connectivity index (χ2n) is 15.5. The number of hydrogen-bond acceptors (Lipinski definition) is 8. The van der Waals surface area contributed by atoms with Crippen molar-refractivity contribution >= 4 is 24.0 Å². The number of H-pyrrole nitrogens is 2. The molecule has 1 saturated heterocycles. The molecule has 14 heteroatoms. The first-order chi connectivity index (χ1) is 28.0. The van der Waals surface area contributed by atoms with Crippen LogP contribution in [0.1, 0.15) is 75.4 Å². The largest absolute Gasteiger partial charge is 0.453 e. The average Bonchev–Trinajstić information content (AvgIpc) is 4.07. The molecule has 4 N–H and O–H groups in total. The van der Waals surface area contributed by atoms with E-state index >= 15 is 0 Å². The fraction of sp³-hybridized carbons (Fsp3) is 0.364. The fourth-order valence-electron chi connectivity index (χ4n) is 7.92. The topological polar surface area (TPSA) is 175 Å². The first-order valence-electron chi connectivity index (χ1n) is 19.7. The number of ether oxygens (including phenoxy) is 2. The normalized spacial score (nSPS) is 17.2. The highest BCUT2D eigenvalue weighted by atomic mass is 16.5. The van der Waals surface area contributed by atoms with Gasteiger partial charge in [-0.25, -0.2) is 19.6 Å². The standard InChI is InChI=1S/C44H50N8O6/c1-25(2)36(49-43(55)57-5)41(53)51-21-9-12-35(51)39-45-22-33(47-39)29-17-13-27(14-18-29)28-15-19-30(20-16-28)34-23-46-40(48-34)38-32-11-8-7-10-31(32)24-52(38)42(54)37(26(3)4)50-44(56)58-6/h7-8,10-11,13-20,22-23,25-26,35-38H,9,12,21,24H2,1-6H3,(H,45,47)(H,46,48)(H,49,55)(H,50,56)/t35-,36-,37-,38?/m0/s1. The van der Waals surface area contributed by atoms with E-state index in [-0.39, 0.29) is 29.7 Å². The molecule has 0 bridgehead atoms. The molecule has 2 aliphatic rings. The summed E-state index contributed by atoms with van der Waals surface area (Å²) in [6, 6.07) is 22.3. The summed E-state index contributed by atoms with van der Waals surface area (Å²) in [5.74, 6) is 0.731. The molecule has 0 radical (unpaired) electrons. The number of alkyl carbamates (subject to hydrolysis) is 2. The number of fused-ring (bicyclic) bond motifs is 1. The molecule has 2 aromatic heterocycles. The molecular formula is C44H50N8O6. The number of likely N-dealkylation sites (tertiary alicyclic amines) is 1. The van der Waals surface area contributed by atoms with Crippen molar-refractivity contribution in [3.05, 3.63) is 108 Å². The number of nitrogens with one attached hydrogen (secondary N) is 4. The van der Waals surface area contributed by atoms with Crippen molar-refractivity contribution in [2.24, 2.45) is 11.8 Å². The van der Waals surface area contributed by atoms with Crippen LogP contribution in [0, 0.1) is 11.8 Å². The predicted octanol–water partition coefficient (Wildman–Crippen LogP) is 6.99. The zero-order valence-electron chi connectivity index (χ0n) is 33.6. The van der Waals surface area contributed by atoms with Gasteiger partial charge in [-0.2, -0.15) is 0 Å². The van der Waals surface area contributed by atoms with Crippen molar-refractivity contribution in [2.75, 3.05) is 20.8 Å². The van der Waals surface area contributed by atoms with E-state index in [1.165, 1.54) is 14.2 Å². The zero-order valence-corrected chi connectivity index (χ0v) is 33.6. The number of hydrogen-bond donors (Lipinski definition) is 4. The van der Waals surface area contributed by atoms with E-state index in [0.717, 1.165) is 63.4 Å². The number of carbonyl (C=O) groups is 4. The highest BCUT2D eigenvalue weighted by molar-refractivity contribution is 5.88. The number of benzene rings is 3. The van der Waals surface area contributed by atoms with Gasteiger partial charge in [0.15, 0.2) is 0 Å². The molecule has 4 atom stereocenters.